The van der Waals surface area contributed by atoms with Crippen LogP contribution in [0.25, 0.3) is 0 Å². The molecule has 172 valence electrons. The molecule has 3 aromatic rings. The quantitative estimate of drug-likeness (QED) is 0.516. The number of fused-ring (bicyclic) bond motifs is 1. The van der Waals surface area contributed by atoms with E-state index in [-0.39, 0.29) is 29.0 Å². The lowest BCUT2D eigenvalue weighted by atomic mass is 10.2. The molecule has 8 nitrogen and oxygen atoms in total. The Hall–Kier alpha value is -3.27. The fraction of sp³-hybridized carbons (Fsp3) is 0.174. The molecule has 0 aliphatic carbocycles. The van der Waals surface area contributed by atoms with E-state index >= 15 is 0 Å². The number of anilines is 1. The van der Waals surface area contributed by atoms with Gasteiger partial charge in [-0.1, -0.05) is 41.9 Å². The second kappa shape index (κ2) is 9.70. The normalized spacial score (nSPS) is 12.6. The number of rotatable bonds is 8. The Morgan fingerprint density at radius 2 is 1.82 bits per heavy atom. The Labute approximate surface area is 196 Å². The molecule has 3 aromatic carbocycles. The van der Waals surface area contributed by atoms with Crippen molar-refractivity contribution >= 4 is 33.2 Å². The number of methoxy groups -OCH3 is 1. The minimum absolute atomic E-state index is 0.0204. The van der Waals surface area contributed by atoms with Gasteiger partial charge in [-0.3, -0.25) is 4.79 Å². The van der Waals surface area contributed by atoms with E-state index in [1.165, 1.54) is 25.3 Å². The lowest BCUT2D eigenvalue weighted by molar-refractivity contribution is -0.116. The number of carbonyl (C=O) groups is 1. The third-order valence-corrected chi connectivity index (χ3v) is 6.97. The maximum Gasteiger partial charge on any atom is 0.247 e. The summed E-state index contributed by atoms with van der Waals surface area (Å²) < 4.78 is 44.1. The molecule has 1 aliphatic heterocycles. The van der Waals surface area contributed by atoms with E-state index in [1.807, 2.05) is 6.07 Å². The van der Waals surface area contributed by atoms with Crippen LogP contribution in [0.4, 0.5) is 5.69 Å². The molecule has 0 atom stereocenters. The van der Waals surface area contributed by atoms with Crippen molar-refractivity contribution in [2.24, 2.45) is 0 Å². The number of hydrogen-bond acceptors (Lipinski definition) is 6. The molecule has 0 spiro atoms. The summed E-state index contributed by atoms with van der Waals surface area (Å²) >= 11 is 6.06. The third kappa shape index (κ3) is 5.22. The molecule has 0 saturated heterocycles. The number of carbonyl (C=O) groups excluding carboxylic acids is 1. The second-order valence-electron chi connectivity index (χ2n) is 7.17. The lowest BCUT2D eigenvalue weighted by Crippen LogP contribution is -2.37. The fourth-order valence-corrected chi connectivity index (χ4v) is 5.14. The first-order valence-corrected chi connectivity index (χ1v) is 11.8. The number of sulfonamides is 1. The van der Waals surface area contributed by atoms with Crippen LogP contribution in [0, 0.1) is 0 Å². The van der Waals surface area contributed by atoms with E-state index in [0.717, 1.165) is 9.87 Å². The minimum atomic E-state index is -4.14. The summed E-state index contributed by atoms with van der Waals surface area (Å²) in [7, 11) is -2.77. The smallest absolute Gasteiger partial charge is 0.247 e. The van der Waals surface area contributed by atoms with E-state index < -0.39 is 22.5 Å². The Bertz CT molecular complexity index is 1270. The summed E-state index contributed by atoms with van der Waals surface area (Å²) in [4.78, 5) is 12.7. The largest absolute Gasteiger partial charge is 0.495 e. The molecule has 0 aromatic heterocycles. The molecule has 1 aliphatic rings. The van der Waals surface area contributed by atoms with Gasteiger partial charge in [0, 0.05) is 23.3 Å². The van der Waals surface area contributed by atoms with Crippen molar-refractivity contribution in [1.29, 1.82) is 0 Å². The average molecular weight is 489 g/mol. The maximum atomic E-state index is 13.6. The summed E-state index contributed by atoms with van der Waals surface area (Å²) in [5.74, 6) is 0.697. The monoisotopic (exact) mass is 488 g/mol. The standard InChI is InChI=1S/C23H21ClN2O6S/c1-30-20-9-7-17(24)11-22(20)33(28,29)26(13-16-5-3-2-4-6-16)14-23(27)25-18-8-10-19-21(12-18)32-15-31-19/h2-12H,13-15H2,1H3,(H,25,27). The molecule has 1 heterocycles. The number of nitrogens with zero attached hydrogens (tertiary/aromatic N) is 1. The number of amides is 1. The summed E-state index contributed by atoms with van der Waals surface area (Å²) in [6, 6.07) is 18.3. The van der Waals surface area contributed by atoms with Crippen LogP contribution in [-0.4, -0.2) is 39.1 Å². The van der Waals surface area contributed by atoms with Crippen molar-refractivity contribution in [2.75, 3.05) is 25.8 Å². The van der Waals surface area contributed by atoms with Crippen LogP contribution in [0.15, 0.2) is 71.6 Å². The number of ether oxygens (including phenoxy) is 3. The van der Waals surface area contributed by atoms with Crippen LogP contribution >= 0.6 is 11.6 Å². The number of nitrogens with one attached hydrogen (secondary N) is 1. The second-order valence-corrected chi connectivity index (χ2v) is 9.51. The van der Waals surface area contributed by atoms with E-state index in [1.54, 1.807) is 42.5 Å². The Morgan fingerprint density at radius 1 is 1.06 bits per heavy atom. The predicted molar refractivity (Wildman–Crippen MR) is 123 cm³/mol. The van der Waals surface area contributed by atoms with Crippen molar-refractivity contribution in [1.82, 2.24) is 4.31 Å². The molecule has 10 heteroatoms. The summed E-state index contributed by atoms with van der Waals surface area (Å²) in [5, 5.41) is 2.95. The zero-order chi connectivity index (χ0) is 23.4. The topological polar surface area (TPSA) is 94.2 Å². The van der Waals surface area contributed by atoms with E-state index in [2.05, 4.69) is 5.32 Å². The van der Waals surface area contributed by atoms with Gasteiger partial charge in [0.25, 0.3) is 0 Å². The zero-order valence-electron chi connectivity index (χ0n) is 17.7. The minimum Gasteiger partial charge on any atom is -0.495 e. The molecule has 0 bridgehead atoms. The SMILES string of the molecule is COc1ccc(Cl)cc1S(=O)(=O)N(CC(=O)Nc1ccc2c(c1)OCO2)Cc1ccccc1. The highest BCUT2D eigenvalue weighted by molar-refractivity contribution is 7.89. The Balaban J connectivity index is 1.62. The van der Waals surface area contributed by atoms with Gasteiger partial charge in [0.1, 0.15) is 10.6 Å². The molecule has 33 heavy (non-hydrogen) atoms. The molecular formula is C23H21ClN2O6S. The van der Waals surface area contributed by atoms with Crippen LogP contribution in [0.3, 0.4) is 0 Å². The molecule has 1 N–H and O–H groups in total. The summed E-state index contributed by atoms with van der Waals surface area (Å²) in [6.07, 6.45) is 0. The summed E-state index contributed by atoms with van der Waals surface area (Å²) in [5.41, 5.74) is 1.18. The van der Waals surface area contributed by atoms with Crippen LogP contribution in [0.5, 0.6) is 17.2 Å². The maximum absolute atomic E-state index is 13.6. The number of hydrogen-bond donors (Lipinski definition) is 1. The molecule has 0 radical (unpaired) electrons. The van der Waals surface area contributed by atoms with Gasteiger partial charge in [0.05, 0.1) is 13.7 Å². The highest BCUT2D eigenvalue weighted by Crippen LogP contribution is 2.34. The summed E-state index contributed by atoms with van der Waals surface area (Å²) in [6.45, 7) is -0.341. The van der Waals surface area contributed by atoms with Crippen molar-refractivity contribution in [3.63, 3.8) is 0 Å². The number of halogens is 1. The molecule has 0 saturated carbocycles. The zero-order valence-corrected chi connectivity index (χ0v) is 19.2. The fourth-order valence-electron chi connectivity index (χ4n) is 3.34. The molecule has 0 unspecified atom stereocenters. The van der Waals surface area contributed by atoms with Gasteiger partial charge in [-0.05, 0) is 35.9 Å². The first-order chi connectivity index (χ1) is 15.9. The first kappa shape index (κ1) is 22.9. The van der Waals surface area contributed by atoms with Crippen molar-refractivity contribution in [3.05, 3.63) is 77.3 Å². The van der Waals surface area contributed by atoms with Gasteiger partial charge in [0.15, 0.2) is 11.5 Å². The van der Waals surface area contributed by atoms with Crippen molar-refractivity contribution < 1.29 is 27.4 Å². The van der Waals surface area contributed by atoms with Crippen LogP contribution in [0.1, 0.15) is 5.56 Å². The molecular weight excluding hydrogens is 468 g/mol. The highest BCUT2D eigenvalue weighted by Gasteiger charge is 2.30. The average Bonchev–Trinajstić information content (AvgIpc) is 3.27. The van der Waals surface area contributed by atoms with E-state index in [0.29, 0.717) is 17.2 Å². The van der Waals surface area contributed by atoms with Gasteiger partial charge in [0.2, 0.25) is 22.7 Å². The molecule has 4 rings (SSSR count). The lowest BCUT2D eigenvalue weighted by Gasteiger charge is -2.23. The predicted octanol–water partition coefficient (Wildman–Crippen LogP) is 3.91. The van der Waals surface area contributed by atoms with Crippen LogP contribution < -0.4 is 19.5 Å². The van der Waals surface area contributed by atoms with Gasteiger partial charge in [-0.2, -0.15) is 4.31 Å². The van der Waals surface area contributed by atoms with Crippen LogP contribution in [0.2, 0.25) is 5.02 Å². The van der Waals surface area contributed by atoms with Gasteiger partial charge >= 0.3 is 0 Å². The molecule has 0 fully saturated rings. The number of benzene rings is 3. The van der Waals surface area contributed by atoms with Crippen molar-refractivity contribution in [3.8, 4) is 17.2 Å². The van der Waals surface area contributed by atoms with Gasteiger partial charge in [-0.25, -0.2) is 8.42 Å². The van der Waals surface area contributed by atoms with Gasteiger partial charge in [-0.15, -0.1) is 0 Å². The Morgan fingerprint density at radius 3 is 2.58 bits per heavy atom. The Kier molecular flexibility index (Phi) is 6.73. The van der Waals surface area contributed by atoms with E-state index in [4.69, 9.17) is 25.8 Å². The van der Waals surface area contributed by atoms with Gasteiger partial charge < -0.3 is 19.5 Å². The first-order valence-electron chi connectivity index (χ1n) is 9.94. The van der Waals surface area contributed by atoms with E-state index in [9.17, 15) is 13.2 Å². The highest BCUT2D eigenvalue weighted by atomic mass is 35.5. The molecule has 1 amide bonds. The van der Waals surface area contributed by atoms with Crippen LogP contribution in [-0.2, 0) is 21.4 Å². The van der Waals surface area contributed by atoms with Crippen molar-refractivity contribution in [2.45, 2.75) is 11.4 Å². The third-order valence-electron chi connectivity index (χ3n) is 4.92.